The zero-order chi connectivity index (χ0) is 12.3. The lowest BCUT2D eigenvalue weighted by atomic mass is 10.1. The van der Waals surface area contributed by atoms with E-state index < -0.39 is 0 Å². The van der Waals surface area contributed by atoms with Gasteiger partial charge in [-0.05, 0) is 24.6 Å². The molecule has 1 aromatic rings. The summed E-state index contributed by atoms with van der Waals surface area (Å²) in [6, 6.07) is 5.13. The fourth-order valence-corrected chi connectivity index (χ4v) is 2.61. The molecular weight excluding hydrogens is 239 g/mol. The number of halogens is 2. The molecule has 1 atom stereocenters. The third-order valence-corrected chi connectivity index (χ3v) is 3.45. The SMILES string of the molecule is CCCC1CN(c2ccc(F)cc2Cl)CCN1. The predicted molar refractivity (Wildman–Crippen MR) is 70.3 cm³/mol. The Morgan fingerprint density at radius 2 is 2.35 bits per heavy atom. The Bertz CT molecular complexity index is 382. The Morgan fingerprint density at radius 3 is 3.06 bits per heavy atom. The molecule has 1 unspecified atom stereocenters. The summed E-state index contributed by atoms with van der Waals surface area (Å²) in [5, 5.41) is 3.99. The highest BCUT2D eigenvalue weighted by Gasteiger charge is 2.20. The second kappa shape index (κ2) is 5.69. The van der Waals surface area contributed by atoms with Gasteiger partial charge in [0, 0.05) is 25.7 Å². The molecule has 0 radical (unpaired) electrons. The fraction of sp³-hybridized carbons (Fsp3) is 0.538. The Morgan fingerprint density at radius 1 is 1.53 bits per heavy atom. The van der Waals surface area contributed by atoms with Crippen molar-refractivity contribution in [3.8, 4) is 0 Å². The topological polar surface area (TPSA) is 15.3 Å². The molecule has 0 bridgehead atoms. The molecule has 0 amide bonds. The maximum absolute atomic E-state index is 13.0. The van der Waals surface area contributed by atoms with Crippen LogP contribution in [0.5, 0.6) is 0 Å². The van der Waals surface area contributed by atoms with Crippen LogP contribution in [0.25, 0.3) is 0 Å². The van der Waals surface area contributed by atoms with Gasteiger partial charge in [0.2, 0.25) is 0 Å². The van der Waals surface area contributed by atoms with Gasteiger partial charge in [0.05, 0.1) is 10.7 Å². The lowest BCUT2D eigenvalue weighted by Crippen LogP contribution is -2.50. The van der Waals surface area contributed by atoms with Crippen molar-refractivity contribution in [3.05, 3.63) is 29.0 Å². The van der Waals surface area contributed by atoms with E-state index in [1.54, 1.807) is 6.07 Å². The second-order valence-corrected chi connectivity index (χ2v) is 4.89. The second-order valence-electron chi connectivity index (χ2n) is 4.48. The molecule has 1 saturated heterocycles. The number of anilines is 1. The van der Waals surface area contributed by atoms with Crippen molar-refractivity contribution in [2.45, 2.75) is 25.8 Å². The van der Waals surface area contributed by atoms with Gasteiger partial charge in [-0.3, -0.25) is 0 Å². The molecule has 1 fully saturated rings. The largest absolute Gasteiger partial charge is 0.367 e. The molecule has 0 spiro atoms. The lowest BCUT2D eigenvalue weighted by Gasteiger charge is -2.35. The molecule has 1 N–H and O–H groups in total. The van der Waals surface area contributed by atoms with Crippen molar-refractivity contribution < 1.29 is 4.39 Å². The Balaban J connectivity index is 2.10. The van der Waals surface area contributed by atoms with Crippen molar-refractivity contribution in [2.75, 3.05) is 24.5 Å². The maximum atomic E-state index is 13.0. The predicted octanol–water partition coefficient (Wildman–Crippen LogP) is 3.06. The van der Waals surface area contributed by atoms with Crippen LogP contribution in [0.4, 0.5) is 10.1 Å². The number of hydrogen-bond donors (Lipinski definition) is 1. The van der Waals surface area contributed by atoms with Crippen molar-refractivity contribution in [1.82, 2.24) is 5.32 Å². The average molecular weight is 257 g/mol. The summed E-state index contributed by atoms with van der Waals surface area (Å²) in [7, 11) is 0. The highest BCUT2D eigenvalue weighted by Crippen LogP contribution is 2.27. The van der Waals surface area contributed by atoms with Crippen LogP contribution < -0.4 is 10.2 Å². The van der Waals surface area contributed by atoms with Crippen molar-refractivity contribution >= 4 is 17.3 Å². The van der Waals surface area contributed by atoms with Gasteiger partial charge in [0.15, 0.2) is 0 Å². The quantitative estimate of drug-likeness (QED) is 0.894. The van der Waals surface area contributed by atoms with Gasteiger partial charge in [-0.25, -0.2) is 4.39 Å². The van der Waals surface area contributed by atoms with Crippen LogP contribution in [0, 0.1) is 5.82 Å². The number of hydrogen-bond acceptors (Lipinski definition) is 2. The standard InChI is InChI=1S/C13H18ClFN2/c1-2-3-11-9-17(7-6-16-11)13-5-4-10(15)8-12(13)14/h4-5,8,11,16H,2-3,6-7,9H2,1H3. The monoisotopic (exact) mass is 256 g/mol. The minimum absolute atomic E-state index is 0.279. The highest BCUT2D eigenvalue weighted by atomic mass is 35.5. The Labute approximate surface area is 107 Å². The Hall–Kier alpha value is -0.800. The van der Waals surface area contributed by atoms with Crippen molar-refractivity contribution in [1.29, 1.82) is 0 Å². The molecule has 4 heteroatoms. The molecular formula is C13H18ClFN2. The third-order valence-electron chi connectivity index (χ3n) is 3.14. The summed E-state index contributed by atoms with van der Waals surface area (Å²) in [6.07, 6.45) is 2.33. The minimum atomic E-state index is -0.279. The zero-order valence-corrected chi connectivity index (χ0v) is 10.8. The third kappa shape index (κ3) is 3.11. The van der Waals surface area contributed by atoms with E-state index in [1.807, 2.05) is 0 Å². The first kappa shape index (κ1) is 12.7. The van der Waals surface area contributed by atoms with Gasteiger partial charge in [-0.2, -0.15) is 0 Å². The fourth-order valence-electron chi connectivity index (χ4n) is 2.32. The number of nitrogens with zero attached hydrogens (tertiary/aromatic N) is 1. The highest BCUT2D eigenvalue weighted by molar-refractivity contribution is 6.33. The van der Waals surface area contributed by atoms with Gasteiger partial charge < -0.3 is 10.2 Å². The smallest absolute Gasteiger partial charge is 0.124 e. The summed E-state index contributed by atoms with van der Waals surface area (Å²) in [5.41, 5.74) is 0.940. The number of nitrogens with one attached hydrogen (secondary N) is 1. The molecule has 1 heterocycles. The zero-order valence-electron chi connectivity index (χ0n) is 10.0. The normalized spacial score (nSPS) is 20.6. The Kier molecular flexibility index (Phi) is 4.24. The van der Waals surface area contributed by atoms with Crippen LogP contribution in [0.3, 0.4) is 0 Å². The number of rotatable bonds is 3. The van der Waals surface area contributed by atoms with Gasteiger partial charge in [-0.1, -0.05) is 24.9 Å². The first-order valence-corrected chi connectivity index (χ1v) is 6.52. The van der Waals surface area contributed by atoms with Gasteiger partial charge in [0.25, 0.3) is 0 Å². The summed E-state index contributed by atoms with van der Waals surface area (Å²) >= 11 is 6.09. The van der Waals surface area contributed by atoms with Crippen LogP contribution in [0.2, 0.25) is 5.02 Å². The molecule has 2 nitrogen and oxygen atoms in total. The first-order chi connectivity index (χ1) is 8.20. The molecule has 1 aromatic carbocycles. The van der Waals surface area contributed by atoms with E-state index in [-0.39, 0.29) is 5.82 Å². The van der Waals surface area contributed by atoms with E-state index in [1.165, 1.54) is 18.6 Å². The van der Waals surface area contributed by atoms with Gasteiger partial charge >= 0.3 is 0 Å². The summed E-state index contributed by atoms with van der Waals surface area (Å²) in [4.78, 5) is 2.23. The number of piperazine rings is 1. The maximum Gasteiger partial charge on any atom is 0.124 e. The summed E-state index contributed by atoms with van der Waals surface area (Å²) < 4.78 is 13.0. The van der Waals surface area contributed by atoms with Crippen molar-refractivity contribution in [3.63, 3.8) is 0 Å². The molecule has 17 heavy (non-hydrogen) atoms. The van der Waals surface area contributed by atoms with Crippen LogP contribution in [0.15, 0.2) is 18.2 Å². The van der Waals surface area contributed by atoms with Crippen molar-refractivity contribution in [2.24, 2.45) is 0 Å². The molecule has 0 aliphatic carbocycles. The van der Waals surface area contributed by atoms with Crippen LogP contribution >= 0.6 is 11.6 Å². The molecule has 0 aromatic heterocycles. The first-order valence-electron chi connectivity index (χ1n) is 6.14. The van der Waals surface area contributed by atoms with Gasteiger partial charge in [-0.15, -0.1) is 0 Å². The van der Waals surface area contributed by atoms with Crippen LogP contribution in [0.1, 0.15) is 19.8 Å². The summed E-state index contributed by atoms with van der Waals surface area (Å²) in [5.74, 6) is -0.279. The molecule has 1 aliphatic heterocycles. The van der Waals surface area contributed by atoms with E-state index >= 15 is 0 Å². The van der Waals surface area contributed by atoms with Crippen LogP contribution in [-0.2, 0) is 0 Å². The van der Waals surface area contributed by atoms with E-state index in [4.69, 9.17) is 11.6 Å². The van der Waals surface area contributed by atoms with E-state index in [0.29, 0.717) is 11.1 Å². The van der Waals surface area contributed by atoms with Crippen LogP contribution in [-0.4, -0.2) is 25.7 Å². The average Bonchev–Trinajstić information content (AvgIpc) is 2.29. The minimum Gasteiger partial charge on any atom is -0.367 e. The van der Waals surface area contributed by atoms with E-state index in [2.05, 4.69) is 17.1 Å². The molecule has 2 rings (SSSR count). The molecule has 0 saturated carbocycles. The van der Waals surface area contributed by atoms with E-state index in [9.17, 15) is 4.39 Å². The lowest BCUT2D eigenvalue weighted by molar-refractivity contribution is 0.431. The van der Waals surface area contributed by atoms with E-state index in [0.717, 1.165) is 31.7 Å². The molecule has 1 aliphatic rings. The number of benzene rings is 1. The van der Waals surface area contributed by atoms with Gasteiger partial charge in [0.1, 0.15) is 5.82 Å². The molecule has 94 valence electrons. The summed E-state index contributed by atoms with van der Waals surface area (Å²) in [6.45, 7) is 5.01.